The number of fused-ring (bicyclic) bond motifs is 1. The number of nitrogens with zero attached hydrogens (tertiary/aromatic N) is 3. The molecule has 3 heterocycles. The van der Waals surface area contributed by atoms with Crippen molar-refractivity contribution in [2.75, 3.05) is 12.3 Å². The average Bonchev–Trinajstić information content (AvgIpc) is 2.95. The number of hydrogen-bond acceptors (Lipinski definition) is 4. The summed E-state index contributed by atoms with van der Waals surface area (Å²) in [5, 5.41) is -0.141. The van der Waals surface area contributed by atoms with E-state index in [1.165, 1.54) is 4.90 Å². The summed E-state index contributed by atoms with van der Waals surface area (Å²) in [4.78, 5) is 28.5. The van der Waals surface area contributed by atoms with Gasteiger partial charge in [0.2, 0.25) is 5.91 Å². The second kappa shape index (κ2) is 4.45. The molecule has 0 N–H and O–H groups in total. The van der Waals surface area contributed by atoms with Crippen molar-refractivity contribution < 1.29 is 9.59 Å². The van der Waals surface area contributed by atoms with Crippen LogP contribution >= 0.6 is 11.8 Å². The molecule has 0 bridgehead atoms. The first kappa shape index (κ1) is 11.3. The van der Waals surface area contributed by atoms with E-state index in [4.69, 9.17) is 0 Å². The number of hydrogen-bond donors (Lipinski definition) is 0. The van der Waals surface area contributed by atoms with Gasteiger partial charge in [0.1, 0.15) is 5.65 Å². The Kier molecular flexibility index (Phi) is 2.79. The number of amides is 2. The number of thioether (sulfide) groups is 1. The predicted octanol–water partition coefficient (Wildman–Crippen LogP) is 1.57. The molecule has 1 saturated heterocycles. The van der Waals surface area contributed by atoms with E-state index in [1.807, 2.05) is 28.8 Å². The van der Waals surface area contributed by atoms with Gasteiger partial charge in [0.15, 0.2) is 0 Å². The zero-order valence-corrected chi connectivity index (χ0v) is 10.4. The Morgan fingerprint density at radius 2 is 2.22 bits per heavy atom. The summed E-state index contributed by atoms with van der Waals surface area (Å²) in [5.41, 5.74) is 1.92. The standard InChI is InChI=1S/C12H11N3O2S/c16-11-8-18-12(17)15(11)6-4-9-2-1-3-10-13-5-7-14(9)10/h1-3,5,7H,4,6,8H2. The van der Waals surface area contributed by atoms with Crippen LogP contribution in [0.3, 0.4) is 0 Å². The van der Waals surface area contributed by atoms with Crippen LogP contribution in [0.15, 0.2) is 30.6 Å². The van der Waals surface area contributed by atoms with Crippen molar-refractivity contribution in [3.63, 3.8) is 0 Å². The van der Waals surface area contributed by atoms with Crippen molar-refractivity contribution >= 4 is 28.6 Å². The molecule has 0 saturated carbocycles. The SMILES string of the molecule is O=C1CSC(=O)N1CCc1cccc2nccn12. The Morgan fingerprint density at radius 1 is 1.33 bits per heavy atom. The van der Waals surface area contributed by atoms with Gasteiger partial charge in [-0.05, 0) is 12.1 Å². The van der Waals surface area contributed by atoms with Gasteiger partial charge in [-0.25, -0.2) is 4.98 Å². The molecular weight excluding hydrogens is 250 g/mol. The number of carbonyl (C=O) groups is 2. The zero-order valence-electron chi connectivity index (χ0n) is 9.57. The van der Waals surface area contributed by atoms with E-state index in [0.717, 1.165) is 23.1 Å². The van der Waals surface area contributed by atoms with E-state index in [1.54, 1.807) is 6.20 Å². The zero-order chi connectivity index (χ0) is 12.5. The minimum absolute atomic E-state index is 0.0946. The van der Waals surface area contributed by atoms with Gasteiger partial charge < -0.3 is 4.40 Å². The molecule has 5 nitrogen and oxygen atoms in total. The molecule has 2 amide bonds. The van der Waals surface area contributed by atoms with Crippen molar-refractivity contribution in [1.82, 2.24) is 14.3 Å². The highest BCUT2D eigenvalue weighted by Gasteiger charge is 2.29. The van der Waals surface area contributed by atoms with E-state index in [9.17, 15) is 9.59 Å². The lowest BCUT2D eigenvalue weighted by Crippen LogP contribution is -2.30. The van der Waals surface area contributed by atoms with Gasteiger partial charge in [0.05, 0.1) is 5.75 Å². The van der Waals surface area contributed by atoms with Crippen LogP contribution in [0, 0.1) is 0 Å². The molecule has 1 aliphatic rings. The minimum atomic E-state index is -0.141. The molecule has 0 spiro atoms. The van der Waals surface area contributed by atoms with Gasteiger partial charge in [-0.1, -0.05) is 17.8 Å². The third-order valence-electron chi connectivity index (χ3n) is 2.94. The maximum Gasteiger partial charge on any atom is 0.288 e. The second-order valence-corrected chi connectivity index (χ2v) is 4.95. The van der Waals surface area contributed by atoms with Crippen LogP contribution in [-0.4, -0.2) is 37.7 Å². The van der Waals surface area contributed by atoms with Gasteiger partial charge in [-0.2, -0.15) is 0 Å². The third kappa shape index (κ3) is 1.88. The molecule has 2 aromatic rings. The van der Waals surface area contributed by atoms with Gasteiger partial charge in [0, 0.05) is 31.1 Å². The van der Waals surface area contributed by atoms with Crippen LogP contribution in [-0.2, 0) is 11.2 Å². The first-order valence-electron chi connectivity index (χ1n) is 5.64. The number of imidazole rings is 1. The lowest BCUT2D eigenvalue weighted by atomic mass is 10.2. The smallest absolute Gasteiger partial charge is 0.288 e. The van der Waals surface area contributed by atoms with Crippen molar-refractivity contribution in [1.29, 1.82) is 0 Å². The largest absolute Gasteiger partial charge is 0.304 e. The van der Waals surface area contributed by atoms with E-state index >= 15 is 0 Å². The normalized spacial score (nSPS) is 15.9. The molecule has 18 heavy (non-hydrogen) atoms. The number of aromatic nitrogens is 2. The number of carbonyl (C=O) groups excluding carboxylic acids is 2. The summed E-state index contributed by atoms with van der Waals surface area (Å²) < 4.78 is 1.97. The van der Waals surface area contributed by atoms with Crippen molar-refractivity contribution in [3.8, 4) is 0 Å². The van der Waals surface area contributed by atoms with Crippen molar-refractivity contribution in [3.05, 3.63) is 36.3 Å². The molecule has 0 aromatic carbocycles. The van der Waals surface area contributed by atoms with Crippen LogP contribution in [0.4, 0.5) is 4.79 Å². The van der Waals surface area contributed by atoms with E-state index in [0.29, 0.717) is 13.0 Å². The average molecular weight is 261 g/mol. The topological polar surface area (TPSA) is 54.7 Å². The Labute approximate surface area is 108 Å². The maximum absolute atomic E-state index is 11.5. The van der Waals surface area contributed by atoms with Gasteiger partial charge >= 0.3 is 0 Å². The highest BCUT2D eigenvalue weighted by molar-refractivity contribution is 8.14. The van der Waals surface area contributed by atoms with E-state index in [2.05, 4.69) is 4.98 Å². The summed E-state index contributed by atoms with van der Waals surface area (Å²) in [6, 6.07) is 5.83. The third-order valence-corrected chi connectivity index (χ3v) is 3.80. The van der Waals surface area contributed by atoms with Crippen molar-refractivity contribution in [2.24, 2.45) is 0 Å². The summed E-state index contributed by atoms with van der Waals surface area (Å²) in [6.07, 6.45) is 4.26. The molecular formula is C12H11N3O2S. The lowest BCUT2D eigenvalue weighted by Gasteiger charge is -2.13. The van der Waals surface area contributed by atoms with E-state index < -0.39 is 0 Å². The van der Waals surface area contributed by atoms with Crippen LogP contribution in [0.5, 0.6) is 0 Å². The Bertz CT molecular complexity index is 607. The highest BCUT2D eigenvalue weighted by Crippen LogP contribution is 2.19. The Morgan fingerprint density at radius 3 is 3.00 bits per heavy atom. The summed E-state index contributed by atoms with van der Waals surface area (Å²) in [7, 11) is 0. The number of rotatable bonds is 3. The molecule has 3 rings (SSSR count). The quantitative estimate of drug-likeness (QED) is 0.841. The summed E-state index contributed by atoms with van der Waals surface area (Å²) >= 11 is 1.07. The fraction of sp³-hybridized carbons (Fsp3) is 0.250. The van der Waals surface area contributed by atoms with E-state index in [-0.39, 0.29) is 16.9 Å². The van der Waals surface area contributed by atoms with Crippen LogP contribution in [0.2, 0.25) is 0 Å². The number of pyridine rings is 1. The molecule has 92 valence electrons. The maximum atomic E-state index is 11.5. The molecule has 2 aromatic heterocycles. The van der Waals surface area contributed by atoms with Crippen LogP contribution < -0.4 is 0 Å². The molecule has 0 atom stereocenters. The summed E-state index contributed by atoms with van der Waals surface area (Å²) in [5.74, 6) is 0.177. The predicted molar refractivity (Wildman–Crippen MR) is 68.5 cm³/mol. The molecule has 0 aliphatic carbocycles. The monoisotopic (exact) mass is 261 g/mol. The molecule has 1 fully saturated rings. The lowest BCUT2D eigenvalue weighted by molar-refractivity contribution is -0.124. The fourth-order valence-electron chi connectivity index (χ4n) is 2.03. The molecule has 0 unspecified atom stereocenters. The highest BCUT2D eigenvalue weighted by atomic mass is 32.2. The van der Waals surface area contributed by atoms with Crippen LogP contribution in [0.1, 0.15) is 5.69 Å². The van der Waals surface area contributed by atoms with Gasteiger partial charge in [0.25, 0.3) is 5.24 Å². The minimum Gasteiger partial charge on any atom is -0.304 e. The summed E-state index contributed by atoms with van der Waals surface area (Å²) in [6.45, 7) is 0.432. The number of imide groups is 1. The molecule has 1 aliphatic heterocycles. The van der Waals surface area contributed by atoms with Gasteiger partial charge in [-0.3, -0.25) is 14.5 Å². The molecule has 6 heteroatoms. The fourth-order valence-corrected chi connectivity index (χ4v) is 2.79. The molecule has 0 radical (unpaired) electrons. The second-order valence-electron chi connectivity index (χ2n) is 4.02. The first-order chi connectivity index (χ1) is 8.75. The Hall–Kier alpha value is -1.82. The van der Waals surface area contributed by atoms with Crippen LogP contribution in [0.25, 0.3) is 5.65 Å². The Balaban J connectivity index is 1.79. The van der Waals surface area contributed by atoms with Crippen molar-refractivity contribution in [2.45, 2.75) is 6.42 Å². The van der Waals surface area contributed by atoms with Gasteiger partial charge in [-0.15, -0.1) is 0 Å². The first-order valence-corrected chi connectivity index (χ1v) is 6.62.